The first-order valence-electron chi connectivity index (χ1n) is 11.9. The van der Waals surface area contributed by atoms with Crippen molar-refractivity contribution < 1.29 is 31.1 Å². The van der Waals surface area contributed by atoms with E-state index in [1.54, 1.807) is 30.3 Å². The van der Waals surface area contributed by atoms with Gasteiger partial charge >= 0.3 is 12.2 Å². The first-order chi connectivity index (χ1) is 17.9. The molecule has 4 rings (SSSR count). The Hall–Kier alpha value is -3.27. The normalized spacial score (nSPS) is 17.4. The number of carbonyl (C=O) groups excluding carboxylic acids is 1. The highest BCUT2D eigenvalue weighted by Gasteiger charge is 2.42. The topological polar surface area (TPSA) is 54.0 Å². The lowest BCUT2D eigenvalue weighted by Crippen LogP contribution is -2.55. The number of urea groups is 1. The Morgan fingerprint density at radius 1 is 1.00 bits per heavy atom. The van der Waals surface area contributed by atoms with Gasteiger partial charge in [-0.05, 0) is 54.3 Å². The first kappa shape index (κ1) is 27.8. The van der Waals surface area contributed by atoms with Crippen LogP contribution in [-0.2, 0) is 18.1 Å². The molecule has 1 aromatic heterocycles. The summed E-state index contributed by atoms with van der Waals surface area (Å²) in [4.78, 5) is 17.6. The van der Waals surface area contributed by atoms with Crippen LogP contribution in [0.15, 0.2) is 66.9 Å². The number of hydrogen-bond donors (Lipinski definition) is 2. The summed E-state index contributed by atoms with van der Waals surface area (Å²) in [5, 5.41) is 5.62. The molecule has 1 atom stereocenters. The Balaban J connectivity index is 1.82. The van der Waals surface area contributed by atoms with Crippen LogP contribution in [0.1, 0.15) is 48.1 Å². The summed E-state index contributed by atoms with van der Waals surface area (Å²) in [5.41, 5.74) is -2.50. The molecule has 0 radical (unpaired) electrons. The van der Waals surface area contributed by atoms with Crippen LogP contribution in [0.4, 0.5) is 31.1 Å². The molecular weight excluding hydrogens is 532 g/mol. The molecule has 1 saturated carbocycles. The van der Waals surface area contributed by atoms with Crippen molar-refractivity contribution in [1.82, 2.24) is 15.6 Å². The van der Waals surface area contributed by atoms with Crippen LogP contribution in [0.2, 0.25) is 5.02 Å². The minimum absolute atomic E-state index is 0.0312. The van der Waals surface area contributed by atoms with E-state index in [1.807, 2.05) is 0 Å². The molecule has 4 nitrogen and oxygen atoms in total. The summed E-state index contributed by atoms with van der Waals surface area (Å²) >= 11 is 6.00. The van der Waals surface area contributed by atoms with Gasteiger partial charge < -0.3 is 10.6 Å². The van der Waals surface area contributed by atoms with E-state index < -0.39 is 53.9 Å². The molecule has 0 spiro atoms. The third-order valence-electron chi connectivity index (χ3n) is 6.57. The minimum Gasteiger partial charge on any atom is -0.335 e. The smallest absolute Gasteiger partial charge is 0.335 e. The Bertz CT molecular complexity index is 1260. The number of pyridine rings is 1. The van der Waals surface area contributed by atoms with Gasteiger partial charge in [0.1, 0.15) is 11.4 Å². The van der Waals surface area contributed by atoms with Crippen molar-refractivity contribution in [2.45, 2.75) is 55.8 Å². The SMILES string of the molecule is O=C(NC1CCC(F)(F)CC1)NC(Cc1ccccc1)(c1cc(F)cc(C(F)(F)F)c1)c1ccc(Cl)cn1. The number of nitrogens with zero attached hydrogens (tertiary/aromatic N) is 1. The summed E-state index contributed by atoms with van der Waals surface area (Å²) in [5.74, 6) is -3.97. The maximum Gasteiger partial charge on any atom is 0.416 e. The summed E-state index contributed by atoms with van der Waals surface area (Å²) in [7, 11) is 0. The highest BCUT2D eigenvalue weighted by molar-refractivity contribution is 6.30. The number of amides is 2. The van der Waals surface area contributed by atoms with Crippen LogP contribution < -0.4 is 10.6 Å². The molecule has 1 unspecified atom stereocenters. The van der Waals surface area contributed by atoms with Crippen molar-refractivity contribution >= 4 is 17.6 Å². The fraction of sp³-hybridized carbons (Fsp3) is 0.333. The van der Waals surface area contributed by atoms with Crippen molar-refractivity contribution in [3.8, 4) is 0 Å². The van der Waals surface area contributed by atoms with Gasteiger partial charge in [0.2, 0.25) is 5.92 Å². The second-order valence-corrected chi connectivity index (χ2v) is 9.82. The first-order valence-corrected chi connectivity index (χ1v) is 12.2. The fourth-order valence-electron chi connectivity index (χ4n) is 4.65. The molecule has 38 heavy (non-hydrogen) atoms. The maximum atomic E-state index is 14.6. The summed E-state index contributed by atoms with van der Waals surface area (Å²) < 4.78 is 82.9. The predicted octanol–water partition coefficient (Wildman–Crippen LogP) is 7.26. The Labute approximate surface area is 220 Å². The molecule has 1 aliphatic carbocycles. The van der Waals surface area contributed by atoms with E-state index in [2.05, 4.69) is 15.6 Å². The van der Waals surface area contributed by atoms with Crippen LogP contribution in [0.3, 0.4) is 0 Å². The van der Waals surface area contributed by atoms with Gasteiger partial charge in [-0.25, -0.2) is 18.0 Å². The van der Waals surface area contributed by atoms with Crippen molar-refractivity contribution in [2.75, 3.05) is 0 Å². The van der Waals surface area contributed by atoms with E-state index in [9.17, 15) is 31.1 Å². The monoisotopic (exact) mass is 555 g/mol. The lowest BCUT2D eigenvalue weighted by molar-refractivity contribution is -0.137. The van der Waals surface area contributed by atoms with Crippen molar-refractivity contribution in [3.05, 3.63) is 100 Å². The minimum atomic E-state index is -4.86. The lowest BCUT2D eigenvalue weighted by atomic mass is 9.79. The molecule has 1 heterocycles. The van der Waals surface area contributed by atoms with Gasteiger partial charge in [0, 0.05) is 31.5 Å². The second-order valence-electron chi connectivity index (χ2n) is 9.38. The van der Waals surface area contributed by atoms with Crippen molar-refractivity contribution in [2.24, 2.45) is 0 Å². The van der Waals surface area contributed by atoms with Crippen LogP contribution >= 0.6 is 11.6 Å². The van der Waals surface area contributed by atoms with Crippen molar-refractivity contribution in [3.63, 3.8) is 0 Å². The molecule has 0 saturated heterocycles. The number of halogens is 7. The van der Waals surface area contributed by atoms with E-state index in [4.69, 9.17) is 11.6 Å². The van der Waals surface area contributed by atoms with Gasteiger partial charge in [0.25, 0.3) is 0 Å². The number of benzene rings is 2. The van der Waals surface area contributed by atoms with E-state index in [0.29, 0.717) is 11.6 Å². The number of nitrogens with one attached hydrogen (secondary N) is 2. The van der Waals surface area contributed by atoms with Crippen LogP contribution in [-0.4, -0.2) is 23.0 Å². The van der Waals surface area contributed by atoms with Crippen LogP contribution in [0, 0.1) is 5.82 Å². The number of rotatable bonds is 6. The van der Waals surface area contributed by atoms with Crippen LogP contribution in [0.5, 0.6) is 0 Å². The fourth-order valence-corrected chi connectivity index (χ4v) is 4.76. The van der Waals surface area contributed by atoms with E-state index in [-0.39, 0.29) is 35.5 Å². The molecule has 2 N–H and O–H groups in total. The van der Waals surface area contributed by atoms with E-state index in [0.717, 1.165) is 12.1 Å². The molecular formula is C27H24ClF6N3O. The van der Waals surface area contributed by atoms with Crippen LogP contribution in [0.25, 0.3) is 0 Å². The van der Waals surface area contributed by atoms with Gasteiger partial charge in [-0.2, -0.15) is 13.2 Å². The summed E-state index contributed by atoms with van der Waals surface area (Å²) in [6, 6.07) is 12.1. The van der Waals surface area contributed by atoms with Gasteiger partial charge in [-0.15, -0.1) is 0 Å². The molecule has 1 aliphatic rings. The third kappa shape index (κ3) is 6.59. The van der Waals surface area contributed by atoms with E-state index in [1.165, 1.54) is 18.3 Å². The lowest BCUT2D eigenvalue weighted by Gasteiger charge is -2.37. The number of alkyl halides is 5. The quantitative estimate of drug-likeness (QED) is 0.315. The average molecular weight is 556 g/mol. The maximum absolute atomic E-state index is 14.6. The van der Waals surface area contributed by atoms with Gasteiger partial charge in [-0.1, -0.05) is 41.9 Å². The molecule has 2 aromatic carbocycles. The molecule has 0 bridgehead atoms. The number of aromatic nitrogens is 1. The molecule has 0 aliphatic heterocycles. The molecule has 2 amide bonds. The molecule has 3 aromatic rings. The van der Waals surface area contributed by atoms with Gasteiger partial charge in [0.05, 0.1) is 16.3 Å². The Morgan fingerprint density at radius 3 is 2.26 bits per heavy atom. The second kappa shape index (κ2) is 10.8. The largest absolute Gasteiger partial charge is 0.416 e. The highest BCUT2D eigenvalue weighted by Crippen LogP contribution is 2.38. The zero-order valence-electron chi connectivity index (χ0n) is 20.0. The predicted molar refractivity (Wildman–Crippen MR) is 130 cm³/mol. The van der Waals surface area contributed by atoms with E-state index >= 15 is 0 Å². The Kier molecular flexibility index (Phi) is 7.92. The highest BCUT2D eigenvalue weighted by atomic mass is 35.5. The average Bonchev–Trinajstić information content (AvgIpc) is 2.85. The summed E-state index contributed by atoms with van der Waals surface area (Å²) in [6.45, 7) is 0. The molecule has 202 valence electrons. The molecule has 11 heteroatoms. The van der Waals surface area contributed by atoms with Gasteiger partial charge in [-0.3, -0.25) is 4.98 Å². The zero-order valence-corrected chi connectivity index (χ0v) is 20.7. The zero-order chi connectivity index (χ0) is 27.6. The van der Waals surface area contributed by atoms with Crippen molar-refractivity contribution in [1.29, 1.82) is 0 Å². The van der Waals surface area contributed by atoms with Gasteiger partial charge in [0.15, 0.2) is 0 Å². The number of hydrogen-bond acceptors (Lipinski definition) is 2. The summed E-state index contributed by atoms with van der Waals surface area (Å²) in [6.07, 6.45) is -4.43. The number of carbonyl (C=O) groups is 1. The third-order valence-corrected chi connectivity index (χ3v) is 6.80. The standard InChI is InChI=1S/C27H24ClF6N3O/c28-20-6-7-23(35-16-20)26(15-17-4-2-1-3-5-17,18-12-19(27(32,33)34)14-21(29)13-18)37-24(38)36-22-8-10-25(30,31)11-9-22/h1-7,12-14,16,22H,8-11,15H2,(H2,36,37,38). The Morgan fingerprint density at radius 2 is 1.66 bits per heavy atom. The molecule has 1 fully saturated rings.